The minimum atomic E-state index is -0.250. The number of aromatic nitrogens is 2. The first-order valence-corrected chi connectivity index (χ1v) is 10.3. The van der Waals surface area contributed by atoms with Crippen LogP contribution in [0.1, 0.15) is 35.4 Å². The predicted octanol–water partition coefficient (Wildman–Crippen LogP) is 2.54. The minimum absolute atomic E-state index is 0.250. The van der Waals surface area contributed by atoms with Gasteiger partial charge in [-0.2, -0.15) is 0 Å². The summed E-state index contributed by atoms with van der Waals surface area (Å²) in [5.74, 6) is 2.68. The number of carbonyl (C=O) groups is 1. The average molecular weight is 391 g/mol. The van der Waals surface area contributed by atoms with Crippen LogP contribution in [0.4, 0.5) is 0 Å². The van der Waals surface area contributed by atoms with Crippen LogP contribution in [0.2, 0.25) is 0 Å². The summed E-state index contributed by atoms with van der Waals surface area (Å²) in [5, 5.41) is 13.2. The molecule has 2 bridgehead atoms. The maximum atomic E-state index is 8.36. The van der Waals surface area contributed by atoms with Gasteiger partial charge >= 0.3 is 0 Å². The molecule has 0 aromatic carbocycles. The SMILES string of the molecule is Cc1noc(C)c1CN1[C@@H]2CC[C@H]1[C@H]1CN(Cc3cnsc3)C[C@H]12.O=CO. The van der Waals surface area contributed by atoms with Gasteiger partial charge in [-0.15, -0.1) is 0 Å². The van der Waals surface area contributed by atoms with E-state index >= 15 is 0 Å². The van der Waals surface area contributed by atoms with E-state index in [4.69, 9.17) is 14.4 Å². The van der Waals surface area contributed by atoms with Crippen molar-refractivity contribution in [1.29, 1.82) is 0 Å². The highest BCUT2D eigenvalue weighted by molar-refractivity contribution is 7.03. The normalized spacial score (nSPS) is 29.6. The Balaban J connectivity index is 0.000000565. The molecule has 0 aliphatic carbocycles. The van der Waals surface area contributed by atoms with Gasteiger partial charge in [-0.05, 0) is 55.6 Å². The van der Waals surface area contributed by atoms with Crippen LogP contribution in [-0.4, -0.2) is 56.1 Å². The van der Waals surface area contributed by atoms with Crippen LogP contribution in [-0.2, 0) is 17.9 Å². The highest BCUT2D eigenvalue weighted by Crippen LogP contribution is 2.50. The zero-order valence-corrected chi connectivity index (χ0v) is 16.6. The fourth-order valence-corrected chi connectivity index (χ4v) is 5.96. The Morgan fingerprint density at radius 1 is 1.26 bits per heavy atom. The van der Waals surface area contributed by atoms with E-state index in [1.807, 2.05) is 13.1 Å². The molecule has 2 aromatic rings. The van der Waals surface area contributed by atoms with Crippen LogP contribution in [0, 0.1) is 25.7 Å². The van der Waals surface area contributed by atoms with Crippen molar-refractivity contribution in [3.8, 4) is 0 Å². The van der Waals surface area contributed by atoms with Gasteiger partial charge in [0.05, 0.1) is 5.69 Å². The number of fused-ring (bicyclic) bond motifs is 5. The molecule has 0 unspecified atom stereocenters. The predicted molar refractivity (Wildman–Crippen MR) is 101 cm³/mol. The zero-order chi connectivity index (χ0) is 19.0. The van der Waals surface area contributed by atoms with Crippen molar-refractivity contribution >= 4 is 18.0 Å². The van der Waals surface area contributed by atoms with Gasteiger partial charge in [0.25, 0.3) is 6.47 Å². The summed E-state index contributed by atoms with van der Waals surface area (Å²) in [5.41, 5.74) is 3.75. The van der Waals surface area contributed by atoms with Crippen molar-refractivity contribution in [3.63, 3.8) is 0 Å². The van der Waals surface area contributed by atoms with Crippen LogP contribution >= 0.6 is 11.5 Å². The molecule has 3 saturated heterocycles. The largest absolute Gasteiger partial charge is 0.483 e. The lowest BCUT2D eigenvalue weighted by molar-refractivity contribution is -0.122. The second-order valence-electron chi connectivity index (χ2n) is 7.85. The van der Waals surface area contributed by atoms with E-state index in [0.29, 0.717) is 0 Å². The third kappa shape index (κ3) is 3.41. The molecule has 3 aliphatic rings. The van der Waals surface area contributed by atoms with Crippen molar-refractivity contribution < 1.29 is 14.4 Å². The van der Waals surface area contributed by atoms with Gasteiger partial charge in [0.2, 0.25) is 0 Å². The molecule has 27 heavy (non-hydrogen) atoms. The maximum Gasteiger partial charge on any atom is 0.290 e. The van der Waals surface area contributed by atoms with E-state index < -0.39 is 0 Å². The molecular weight excluding hydrogens is 364 g/mol. The second kappa shape index (κ2) is 7.69. The van der Waals surface area contributed by atoms with Gasteiger partial charge < -0.3 is 9.63 Å². The summed E-state index contributed by atoms with van der Waals surface area (Å²) >= 11 is 1.56. The monoisotopic (exact) mass is 390 g/mol. The molecule has 7 nitrogen and oxygen atoms in total. The molecule has 3 aliphatic heterocycles. The molecule has 2 aromatic heterocycles. The highest BCUT2D eigenvalue weighted by Gasteiger charge is 2.56. The van der Waals surface area contributed by atoms with Crippen LogP contribution < -0.4 is 0 Å². The summed E-state index contributed by atoms with van der Waals surface area (Å²) in [6, 6.07) is 1.50. The highest BCUT2D eigenvalue weighted by atomic mass is 32.1. The van der Waals surface area contributed by atoms with Crippen molar-refractivity contribution in [2.75, 3.05) is 13.1 Å². The molecule has 4 atom stereocenters. The first-order valence-electron chi connectivity index (χ1n) is 9.48. The van der Waals surface area contributed by atoms with E-state index in [1.165, 1.54) is 37.1 Å². The number of hydrogen-bond acceptors (Lipinski definition) is 7. The lowest BCUT2D eigenvalue weighted by atomic mass is 9.82. The molecule has 0 amide bonds. The Hall–Kier alpha value is -1.77. The molecule has 5 rings (SSSR count). The Kier molecular flexibility index (Phi) is 5.29. The number of hydrogen-bond donors (Lipinski definition) is 1. The number of rotatable bonds is 4. The lowest BCUT2D eigenvalue weighted by Crippen LogP contribution is -2.35. The van der Waals surface area contributed by atoms with E-state index in [9.17, 15) is 0 Å². The molecular formula is C19H26N4O3S. The van der Waals surface area contributed by atoms with Crippen molar-refractivity contribution in [3.05, 3.63) is 34.2 Å². The van der Waals surface area contributed by atoms with Crippen molar-refractivity contribution in [2.45, 2.75) is 51.9 Å². The van der Waals surface area contributed by atoms with Gasteiger partial charge in [0.1, 0.15) is 5.76 Å². The Labute approximate surface area is 163 Å². The third-order valence-electron chi connectivity index (χ3n) is 6.50. The number of aryl methyl sites for hydroxylation is 2. The molecule has 5 heterocycles. The minimum Gasteiger partial charge on any atom is -0.483 e. The van der Waals surface area contributed by atoms with Crippen LogP contribution in [0.5, 0.6) is 0 Å². The van der Waals surface area contributed by atoms with Crippen LogP contribution in [0.3, 0.4) is 0 Å². The Morgan fingerprint density at radius 2 is 1.93 bits per heavy atom. The molecule has 0 spiro atoms. The van der Waals surface area contributed by atoms with Crippen LogP contribution in [0.25, 0.3) is 0 Å². The van der Waals surface area contributed by atoms with Gasteiger partial charge in [-0.1, -0.05) is 5.16 Å². The van der Waals surface area contributed by atoms with Crippen molar-refractivity contribution in [1.82, 2.24) is 19.3 Å². The Morgan fingerprint density at radius 3 is 2.44 bits per heavy atom. The molecule has 0 saturated carbocycles. The maximum absolute atomic E-state index is 8.36. The van der Waals surface area contributed by atoms with Gasteiger partial charge in [0, 0.05) is 55.4 Å². The first kappa shape index (κ1) is 18.6. The van der Waals surface area contributed by atoms with Crippen LogP contribution in [0.15, 0.2) is 16.1 Å². The Bertz CT molecular complexity index is 739. The summed E-state index contributed by atoms with van der Waals surface area (Å²) in [7, 11) is 0. The molecule has 0 radical (unpaired) electrons. The summed E-state index contributed by atoms with van der Waals surface area (Å²) in [6.07, 6.45) is 4.75. The standard InChI is InChI=1S/C18H24N4OS.CH2O2/c1-11-14(12(2)23-20-11)9-22-17-3-4-18(22)16-8-21(7-15(16)17)6-13-5-19-24-10-13;2-1-3/h5,10,15-18H,3-4,6-9H2,1-2H3;1H,(H,2,3)/t15-,16+,17-,18+;. The summed E-state index contributed by atoms with van der Waals surface area (Å²) in [6.45, 7) is 8.47. The second-order valence-corrected chi connectivity index (χ2v) is 8.50. The summed E-state index contributed by atoms with van der Waals surface area (Å²) in [4.78, 5) is 13.8. The van der Waals surface area contributed by atoms with Gasteiger partial charge in [-0.25, -0.2) is 4.37 Å². The molecule has 1 N–H and O–H groups in total. The number of nitrogens with zero attached hydrogens (tertiary/aromatic N) is 4. The first-order chi connectivity index (χ1) is 13.1. The average Bonchev–Trinajstić information content (AvgIpc) is 3.43. The molecule has 146 valence electrons. The van der Waals surface area contributed by atoms with Crippen molar-refractivity contribution in [2.24, 2.45) is 11.8 Å². The van der Waals surface area contributed by atoms with E-state index in [1.54, 1.807) is 11.5 Å². The number of carboxylic acid groups (broad SMARTS) is 1. The topological polar surface area (TPSA) is 82.7 Å². The smallest absolute Gasteiger partial charge is 0.290 e. The van der Waals surface area contributed by atoms with E-state index in [-0.39, 0.29) is 6.47 Å². The quantitative estimate of drug-likeness (QED) is 0.803. The third-order valence-corrected chi connectivity index (χ3v) is 7.13. The zero-order valence-electron chi connectivity index (χ0n) is 15.7. The fourth-order valence-electron chi connectivity index (χ4n) is 5.43. The fraction of sp³-hybridized carbons (Fsp3) is 0.632. The lowest BCUT2D eigenvalue weighted by Gasteiger charge is -2.26. The molecule has 3 fully saturated rings. The van der Waals surface area contributed by atoms with E-state index in [2.05, 4.69) is 31.6 Å². The number of likely N-dealkylation sites (tertiary alicyclic amines) is 1. The van der Waals surface area contributed by atoms with Gasteiger partial charge in [0.15, 0.2) is 0 Å². The van der Waals surface area contributed by atoms with E-state index in [0.717, 1.165) is 48.5 Å². The van der Waals surface area contributed by atoms with Gasteiger partial charge in [-0.3, -0.25) is 14.6 Å². The summed E-state index contributed by atoms with van der Waals surface area (Å²) < 4.78 is 9.62. The molecule has 8 heteroatoms.